The second kappa shape index (κ2) is 13.4. The van der Waals surface area contributed by atoms with Crippen LogP contribution in [-0.2, 0) is 16.0 Å². The molecule has 2 unspecified atom stereocenters. The van der Waals surface area contributed by atoms with Gasteiger partial charge in [-0.3, -0.25) is 9.59 Å². The Bertz CT molecular complexity index is 1350. The molecule has 1 fully saturated rings. The Morgan fingerprint density at radius 2 is 1.77 bits per heavy atom. The van der Waals surface area contributed by atoms with E-state index in [1.165, 1.54) is 7.11 Å². The topological polar surface area (TPSA) is 149 Å². The highest BCUT2D eigenvalue weighted by atomic mass is 35.5. The summed E-state index contributed by atoms with van der Waals surface area (Å²) in [5.41, 5.74) is 8.90. The fourth-order valence-electron chi connectivity index (χ4n) is 4.54. The van der Waals surface area contributed by atoms with Crippen LogP contribution in [0.3, 0.4) is 0 Å². The Hall–Kier alpha value is -3.96. The van der Waals surface area contributed by atoms with Gasteiger partial charge in [0.25, 0.3) is 5.91 Å². The van der Waals surface area contributed by atoms with Gasteiger partial charge < -0.3 is 25.6 Å². The molecule has 0 saturated carbocycles. The average Bonchev–Trinajstić information content (AvgIpc) is 3.42. The normalized spacial score (nSPS) is 18.0. The van der Waals surface area contributed by atoms with E-state index in [0.29, 0.717) is 22.8 Å². The number of para-hydroxylation sites is 1. The Morgan fingerprint density at radius 1 is 1.02 bits per heavy atom. The van der Waals surface area contributed by atoms with Crippen molar-refractivity contribution < 1.29 is 29.3 Å². The van der Waals surface area contributed by atoms with Crippen molar-refractivity contribution in [2.45, 2.75) is 43.6 Å². The molecule has 3 aromatic rings. The molecule has 0 radical (unpaired) electrons. The smallest absolute Gasteiger partial charge is 0.332 e. The number of hydrogen-bond acceptors (Lipinski definition) is 7. The highest BCUT2D eigenvalue weighted by Gasteiger charge is 2.32. The minimum absolute atomic E-state index is 0.175. The first-order valence-corrected chi connectivity index (χ1v) is 13.1. The highest BCUT2D eigenvalue weighted by molar-refractivity contribution is 6.30. The number of methoxy groups -OCH3 is 1. The van der Waals surface area contributed by atoms with Gasteiger partial charge >= 0.3 is 5.97 Å². The monoisotopic (exact) mass is 566 g/mol. The lowest BCUT2D eigenvalue weighted by Crippen LogP contribution is -2.49. The number of ether oxygens (including phenoxy) is 1. The maximum Gasteiger partial charge on any atom is 0.332 e. The van der Waals surface area contributed by atoms with Crippen molar-refractivity contribution in [3.8, 4) is 16.9 Å². The number of carbonyl (C=O) groups excluding carboxylic acids is 2. The van der Waals surface area contributed by atoms with Gasteiger partial charge in [-0.1, -0.05) is 60.1 Å². The fraction of sp³-hybridized carbons (Fsp3) is 0.276. The molecule has 0 aromatic heterocycles. The molecule has 1 aliphatic heterocycles. The molecule has 11 heteroatoms. The molecule has 40 heavy (non-hydrogen) atoms. The number of benzene rings is 3. The number of carboxylic acid groups (broad SMARTS) is 1. The number of rotatable bonds is 11. The number of aliphatic hydroxyl groups excluding tert-OH is 1. The number of hydrogen-bond donors (Lipinski definition) is 6. The zero-order valence-corrected chi connectivity index (χ0v) is 22.5. The number of halogens is 1. The second-order valence-electron chi connectivity index (χ2n) is 9.51. The maximum absolute atomic E-state index is 13.1. The largest absolute Gasteiger partial charge is 0.496 e. The predicted octanol–water partition coefficient (Wildman–Crippen LogP) is 2.50. The van der Waals surface area contributed by atoms with Gasteiger partial charge in [-0.25, -0.2) is 15.6 Å². The first-order valence-electron chi connectivity index (χ1n) is 12.7. The van der Waals surface area contributed by atoms with E-state index in [0.717, 1.165) is 16.7 Å². The summed E-state index contributed by atoms with van der Waals surface area (Å²) >= 11 is 6.10. The molecule has 1 saturated heterocycles. The SMILES string of the molecule is COc1ccccc1C(=O)NC1CC(C(=O)N[C@H](Cc2ccc(-c3cccc(Cl)c3)cc2)C[C@@H](O)C(=O)O)NN1. The van der Waals surface area contributed by atoms with Crippen molar-refractivity contribution in [2.24, 2.45) is 0 Å². The number of carboxylic acids is 1. The van der Waals surface area contributed by atoms with Crippen LogP contribution in [0.15, 0.2) is 72.8 Å². The maximum atomic E-state index is 13.1. The van der Waals surface area contributed by atoms with E-state index in [1.807, 2.05) is 42.5 Å². The van der Waals surface area contributed by atoms with Gasteiger partial charge in [-0.15, -0.1) is 0 Å². The fourth-order valence-corrected chi connectivity index (χ4v) is 4.73. The molecule has 210 valence electrons. The summed E-state index contributed by atoms with van der Waals surface area (Å²) in [4.78, 5) is 37.1. The van der Waals surface area contributed by atoms with Crippen LogP contribution in [0.4, 0.5) is 0 Å². The lowest BCUT2D eigenvalue weighted by atomic mass is 9.97. The van der Waals surface area contributed by atoms with Crippen LogP contribution < -0.4 is 26.2 Å². The van der Waals surface area contributed by atoms with Crippen LogP contribution in [0.5, 0.6) is 5.75 Å². The Kier molecular flexibility index (Phi) is 9.73. The highest BCUT2D eigenvalue weighted by Crippen LogP contribution is 2.24. The molecule has 0 aliphatic carbocycles. The number of nitrogens with one attached hydrogen (secondary N) is 4. The van der Waals surface area contributed by atoms with E-state index in [-0.39, 0.29) is 24.7 Å². The summed E-state index contributed by atoms with van der Waals surface area (Å²) in [5.74, 6) is -1.68. The van der Waals surface area contributed by atoms with E-state index < -0.39 is 30.3 Å². The Morgan fingerprint density at radius 3 is 2.48 bits per heavy atom. The summed E-state index contributed by atoms with van der Waals surface area (Å²) < 4.78 is 5.24. The third kappa shape index (κ3) is 7.57. The Balaban J connectivity index is 1.38. The molecule has 10 nitrogen and oxygen atoms in total. The standard InChI is InChI=1S/C29H31ClN4O6/c1-40-25-8-3-2-7-22(25)27(36)32-26-16-23(33-34-26)28(37)31-21(15-24(35)29(38)39)13-17-9-11-18(12-10-17)19-5-4-6-20(30)14-19/h2-12,14,21,23-24,26,33-35H,13,15-16H2,1H3,(H,31,37)(H,32,36)(H,38,39)/t21-,23?,24-,26?/m1/s1. The summed E-state index contributed by atoms with van der Waals surface area (Å²) in [5, 5.41) is 25.6. The van der Waals surface area contributed by atoms with E-state index in [2.05, 4.69) is 21.5 Å². The minimum atomic E-state index is -1.64. The van der Waals surface area contributed by atoms with Gasteiger partial charge in [0.05, 0.1) is 18.8 Å². The van der Waals surface area contributed by atoms with Crippen molar-refractivity contribution >= 4 is 29.4 Å². The zero-order chi connectivity index (χ0) is 28.6. The van der Waals surface area contributed by atoms with Crippen LogP contribution in [0, 0.1) is 0 Å². The van der Waals surface area contributed by atoms with Crippen molar-refractivity contribution in [1.82, 2.24) is 21.5 Å². The summed E-state index contributed by atoms with van der Waals surface area (Å²) in [7, 11) is 1.48. The number of aliphatic hydroxyl groups is 1. The van der Waals surface area contributed by atoms with Crippen molar-refractivity contribution in [3.05, 3.63) is 88.9 Å². The molecular weight excluding hydrogens is 536 g/mol. The van der Waals surface area contributed by atoms with Crippen LogP contribution in [-0.4, -0.2) is 59.5 Å². The van der Waals surface area contributed by atoms with Gasteiger partial charge in [0.15, 0.2) is 6.10 Å². The molecular formula is C29H31ClN4O6. The molecule has 0 bridgehead atoms. The minimum Gasteiger partial charge on any atom is -0.496 e. The summed E-state index contributed by atoms with van der Waals surface area (Å²) in [6, 6.07) is 20.6. The second-order valence-corrected chi connectivity index (χ2v) is 9.95. The van der Waals surface area contributed by atoms with E-state index in [9.17, 15) is 24.6 Å². The van der Waals surface area contributed by atoms with Crippen LogP contribution in [0.2, 0.25) is 5.02 Å². The summed E-state index contributed by atoms with van der Waals surface area (Å²) in [6.45, 7) is 0. The number of amides is 2. The third-order valence-electron chi connectivity index (χ3n) is 6.61. The molecule has 2 amide bonds. The van der Waals surface area contributed by atoms with Gasteiger partial charge in [0.1, 0.15) is 11.8 Å². The van der Waals surface area contributed by atoms with E-state index in [1.54, 1.807) is 30.3 Å². The quantitative estimate of drug-likeness (QED) is 0.207. The molecule has 0 spiro atoms. The van der Waals surface area contributed by atoms with E-state index in [4.69, 9.17) is 16.3 Å². The van der Waals surface area contributed by atoms with Crippen molar-refractivity contribution in [2.75, 3.05) is 7.11 Å². The van der Waals surface area contributed by atoms with E-state index >= 15 is 0 Å². The summed E-state index contributed by atoms with van der Waals surface area (Å²) in [6.07, 6.45) is -1.80. The number of aliphatic carboxylic acids is 1. The molecule has 1 heterocycles. The Labute approximate surface area is 236 Å². The molecule has 3 aromatic carbocycles. The molecule has 4 atom stereocenters. The van der Waals surface area contributed by atoms with Crippen LogP contribution in [0.25, 0.3) is 11.1 Å². The van der Waals surface area contributed by atoms with Gasteiger partial charge in [-0.05, 0) is 47.4 Å². The van der Waals surface area contributed by atoms with Crippen molar-refractivity contribution in [1.29, 1.82) is 0 Å². The third-order valence-corrected chi connectivity index (χ3v) is 6.84. The van der Waals surface area contributed by atoms with Crippen LogP contribution in [0.1, 0.15) is 28.8 Å². The van der Waals surface area contributed by atoms with Crippen molar-refractivity contribution in [3.63, 3.8) is 0 Å². The van der Waals surface area contributed by atoms with Gasteiger partial charge in [0, 0.05) is 23.9 Å². The van der Waals surface area contributed by atoms with Gasteiger partial charge in [0.2, 0.25) is 5.91 Å². The molecule has 1 aliphatic rings. The number of carbonyl (C=O) groups is 3. The van der Waals surface area contributed by atoms with Gasteiger partial charge in [-0.2, -0.15) is 0 Å². The first kappa shape index (κ1) is 29.0. The lowest BCUT2D eigenvalue weighted by molar-refractivity contribution is -0.147. The van der Waals surface area contributed by atoms with Crippen LogP contribution >= 0.6 is 11.6 Å². The first-order chi connectivity index (χ1) is 19.2. The molecule has 4 rings (SSSR count). The number of hydrazine groups is 1. The zero-order valence-electron chi connectivity index (χ0n) is 21.8. The predicted molar refractivity (Wildman–Crippen MR) is 150 cm³/mol. The molecule has 6 N–H and O–H groups in total. The average molecular weight is 567 g/mol. The lowest BCUT2D eigenvalue weighted by Gasteiger charge is -2.22.